The van der Waals surface area contributed by atoms with E-state index in [1.165, 1.54) is 6.07 Å². The molecular weight excluding hydrogens is 337 g/mol. The largest absolute Gasteiger partial charge is 0.383 e. The van der Waals surface area contributed by atoms with Crippen molar-refractivity contribution in [3.8, 4) is 0 Å². The summed E-state index contributed by atoms with van der Waals surface area (Å²) < 4.78 is 25.7. The summed E-state index contributed by atoms with van der Waals surface area (Å²) in [4.78, 5) is 0. The van der Waals surface area contributed by atoms with E-state index < -0.39 is 0 Å². The van der Waals surface area contributed by atoms with Crippen LogP contribution in [0.1, 0.15) is 18.9 Å². The number of benzene rings is 1. The van der Waals surface area contributed by atoms with Crippen molar-refractivity contribution in [3.63, 3.8) is 0 Å². The summed E-state index contributed by atoms with van der Waals surface area (Å²) in [6.07, 6.45) is 1.76. The smallest absolute Gasteiger partial charge is 0.127 e. The highest BCUT2D eigenvalue weighted by molar-refractivity contribution is 9.10. The standard InChI is InChI=1S/C16H23BrFNO2/c1-12-16(5-7-21-12,11-19-6-8-20-2)10-13-3-4-14(17)9-15(13)18/h3-4,9,12,19H,5-8,10-11H2,1-2H3. The summed E-state index contributed by atoms with van der Waals surface area (Å²) in [6.45, 7) is 5.12. The molecule has 2 atom stereocenters. The van der Waals surface area contributed by atoms with Crippen LogP contribution in [0.15, 0.2) is 22.7 Å². The number of ether oxygens (including phenoxy) is 2. The van der Waals surface area contributed by atoms with Gasteiger partial charge in [0.15, 0.2) is 0 Å². The van der Waals surface area contributed by atoms with Crippen molar-refractivity contribution in [1.29, 1.82) is 0 Å². The van der Waals surface area contributed by atoms with Gasteiger partial charge in [0, 0.05) is 36.7 Å². The predicted octanol–water partition coefficient (Wildman–Crippen LogP) is 3.16. The lowest BCUT2D eigenvalue weighted by molar-refractivity contribution is 0.0615. The molecule has 1 saturated heterocycles. The first-order valence-electron chi connectivity index (χ1n) is 7.32. The number of rotatable bonds is 7. The highest BCUT2D eigenvalue weighted by Gasteiger charge is 2.41. The summed E-state index contributed by atoms with van der Waals surface area (Å²) in [5, 5.41) is 3.41. The lowest BCUT2D eigenvalue weighted by Gasteiger charge is -2.33. The summed E-state index contributed by atoms with van der Waals surface area (Å²) in [7, 11) is 1.69. The highest BCUT2D eigenvalue weighted by atomic mass is 79.9. The Kier molecular flexibility index (Phi) is 6.17. The van der Waals surface area contributed by atoms with Crippen LogP contribution >= 0.6 is 15.9 Å². The number of hydrogen-bond donors (Lipinski definition) is 1. The van der Waals surface area contributed by atoms with Crippen molar-refractivity contribution in [3.05, 3.63) is 34.1 Å². The van der Waals surface area contributed by atoms with Crippen molar-refractivity contribution in [1.82, 2.24) is 5.32 Å². The summed E-state index contributed by atoms with van der Waals surface area (Å²) in [5.41, 5.74) is 0.701. The third kappa shape index (κ3) is 4.25. The minimum absolute atomic E-state index is 0.0532. The van der Waals surface area contributed by atoms with Crippen LogP contribution in [-0.4, -0.2) is 39.5 Å². The van der Waals surface area contributed by atoms with Crippen molar-refractivity contribution in [2.45, 2.75) is 25.9 Å². The second kappa shape index (κ2) is 7.68. The maximum atomic E-state index is 14.1. The van der Waals surface area contributed by atoms with Crippen LogP contribution in [0.25, 0.3) is 0 Å². The fraction of sp³-hybridized carbons (Fsp3) is 0.625. The van der Waals surface area contributed by atoms with Gasteiger partial charge >= 0.3 is 0 Å². The van der Waals surface area contributed by atoms with Gasteiger partial charge in [0.05, 0.1) is 12.7 Å². The summed E-state index contributed by atoms with van der Waals surface area (Å²) in [6, 6.07) is 5.29. The molecule has 5 heteroatoms. The monoisotopic (exact) mass is 359 g/mol. The second-order valence-corrected chi connectivity index (χ2v) is 6.62. The Hall–Kier alpha value is -0.490. The number of nitrogens with one attached hydrogen (secondary N) is 1. The Bertz CT molecular complexity index is 472. The van der Waals surface area contributed by atoms with Gasteiger partial charge in [-0.05, 0) is 37.5 Å². The predicted molar refractivity (Wildman–Crippen MR) is 85.0 cm³/mol. The summed E-state index contributed by atoms with van der Waals surface area (Å²) in [5.74, 6) is -0.153. The van der Waals surface area contributed by atoms with Crippen molar-refractivity contribution >= 4 is 15.9 Å². The average molecular weight is 360 g/mol. The molecule has 21 heavy (non-hydrogen) atoms. The number of methoxy groups -OCH3 is 1. The molecule has 2 rings (SSSR count). The lowest BCUT2D eigenvalue weighted by Crippen LogP contribution is -2.42. The summed E-state index contributed by atoms with van der Waals surface area (Å²) >= 11 is 3.30. The van der Waals surface area contributed by atoms with Crippen LogP contribution in [0, 0.1) is 11.2 Å². The molecule has 0 amide bonds. The Morgan fingerprint density at radius 1 is 1.52 bits per heavy atom. The van der Waals surface area contributed by atoms with E-state index in [2.05, 4.69) is 28.2 Å². The van der Waals surface area contributed by atoms with Gasteiger partial charge in [-0.25, -0.2) is 4.39 Å². The fourth-order valence-electron chi connectivity index (χ4n) is 2.90. The fourth-order valence-corrected chi connectivity index (χ4v) is 3.23. The van der Waals surface area contributed by atoms with Crippen LogP contribution in [0.3, 0.4) is 0 Å². The molecular formula is C16H23BrFNO2. The van der Waals surface area contributed by atoms with E-state index in [9.17, 15) is 4.39 Å². The molecule has 0 aromatic heterocycles. The van der Waals surface area contributed by atoms with E-state index in [0.717, 1.165) is 36.2 Å². The lowest BCUT2D eigenvalue weighted by atomic mass is 9.76. The van der Waals surface area contributed by atoms with Gasteiger partial charge in [0.2, 0.25) is 0 Å². The number of hydrogen-bond acceptors (Lipinski definition) is 3. The molecule has 0 saturated carbocycles. The first-order valence-corrected chi connectivity index (χ1v) is 8.12. The molecule has 1 aromatic rings. The molecule has 1 N–H and O–H groups in total. The van der Waals surface area contributed by atoms with E-state index in [1.807, 2.05) is 12.1 Å². The molecule has 0 aliphatic carbocycles. The topological polar surface area (TPSA) is 30.5 Å². The molecule has 3 nitrogen and oxygen atoms in total. The van der Waals surface area contributed by atoms with Gasteiger partial charge in [-0.2, -0.15) is 0 Å². The molecule has 1 fully saturated rings. The number of halogens is 2. The van der Waals surface area contributed by atoms with E-state index in [-0.39, 0.29) is 17.3 Å². The Morgan fingerprint density at radius 2 is 2.33 bits per heavy atom. The first kappa shape index (κ1) is 16.9. The second-order valence-electron chi connectivity index (χ2n) is 5.71. The Labute approximate surface area is 134 Å². The van der Waals surface area contributed by atoms with Gasteiger partial charge in [-0.1, -0.05) is 22.0 Å². The van der Waals surface area contributed by atoms with Gasteiger partial charge in [0.1, 0.15) is 5.82 Å². The molecule has 0 bridgehead atoms. The van der Waals surface area contributed by atoms with Crippen LogP contribution in [0.2, 0.25) is 0 Å². The maximum absolute atomic E-state index is 14.1. The zero-order valence-electron chi connectivity index (χ0n) is 12.6. The van der Waals surface area contributed by atoms with E-state index >= 15 is 0 Å². The Morgan fingerprint density at radius 3 is 2.95 bits per heavy atom. The molecule has 1 heterocycles. The zero-order valence-corrected chi connectivity index (χ0v) is 14.2. The molecule has 1 aromatic carbocycles. The van der Waals surface area contributed by atoms with Gasteiger partial charge in [-0.3, -0.25) is 0 Å². The van der Waals surface area contributed by atoms with E-state index in [0.29, 0.717) is 13.0 Å². The van der Waals surface area contributed by atoms with Gasteiger partial charge in [0.25, 0.3) is 0 Å². The normalized spacial score (nSPS) is 25.4. The van der Waals surface area contributed by atoms with Crippen molar-refractivity contribution < 1.29 is 13.9 Å². The maximum Gasteiger partial charge on any atom is 0.127 e. The van der Waals surface area contributed by atoms with E-state index in [1.54, 1.807) is 7.11 Å². The van der Waals surface area contributed by atoms with Crippen LogP contribution in [-0.2, 0) is 15.9 Å². The van der Waals surface area contributed by atoms with Gasteiger partial charge in [-0.15, -0.1) is 0 Å². The molecule has 2 unspecified atom stereocenters. The van der Waals surface area contributed by atoms with Crippen molar-refractivity contribution in [2.24, 2.45) is 5.41 Å². The zero-order chi connectivity index (χ0) is 15.3. The molecule has 0 spiro atoms. The molecule has 118 valence electrons. The molecule has 1 aliphatic heterocycles. The minimum Gasteiger partial charge on any atom is -0.383 e. The average Bonchev–Trinajstić information content (AvgIpc) is 2.80. The highest BCUT2D eigenvalue weighted by Crippen LogP contribution is 2.38. The first-order chi connectivity index (χ1) is 10.1. The third-order valence-electron chi connectivity index (χ3n) is 4.35. The van der Waals surface area contributed by atoms with Crippen LogP contribution in [0.5, 0.6) is 0 Å². The Balaban J connectivity index is 2.09. The van der Waals surface area contributed by atoms with Gasteiger partial charge < -0.3 is 14.8 Å². The van der Waals surface area contributed by atoms with E-state index in [4.69, 9.17) is 9.47 Å². The minimum atomic E-state index is -0.153. The third-order valence-corrected chi connectivity index (χ3v) is 4.84. The van der Waals surface area contributed by atoms with Crippen molar-refractivity contribution in [2.75, 3.05) is 33.4 Å². The quantitative estimate of drug-likeness (QED) is 0.758. The SMILES string of the molecule is COCCNCC1(Cc2ccc(Br)cc2F)CCOC1C. The molecule has 0 radical (unpaired) electrons. The van der Waals surface area contributed by atoms with Crippen LogP contribution in [0.4, 0.5) is 4.39 Å². The molecule has 1 aliphatic rings. The van der Waals surface area contributed by atoms with Crippen LogP contribution < -0.4 is 5.32 Å².